The van der Waals surface area contributed by atoms with Gasteiger partial charge >= 0.3 is 0 Å². The average Bonchev–Trinajstić information content (AvgIpc) is 2.51. The minimum absolute atomic E-state index is 0. The molecule has 1 N–H and O–H groups in total. The van der Waals surface area contributed by atoms with Crippen LogP contribution in [0.2, 0.25) is 0 Å². The zero-order valence-corrected chi connectivity index (χ0v) is 13.0. The van der Waals surface area contributed by atoms with E-state index in [0.717, 1.165) is 37.6 Å². The highest BCUT2D eigenvalue weighted by atomic mass is 35.5. The van der Waals surface area contributed by atoms with Crippen molar-refractivity contribution >= 4 is 12.4 Å². The second kappa shape index (κ2) is 7.50. The van der Waals surface area contributed by atoms with Crippen molar-refractivity contribution < 1.29 is 0 Å². The van der Waals surface area contributed by atoms with Crippen LogP contribution in [0.3, 0.4) is 0 Å². The predicted octanol–water partition coefficient (Wildman–Crippen LogP) is 2.35. The minimum Gasteiger partial charge on any atom is -0.314 e. The van der Waals surface area contributed by atoms with Crippen LogP contribution in [0.5, 0.6) is 0 Å². The molecule has 21 heavy (non-hydrogen) atoms. The molecule has 0 bridgehead atoms. The molecule has 5 heteroatoms. The molecule has 1 aliphatic rings. The van der Waals surface area contributed by atoms with E-state index in [2.05, 4.69) is 50.5 Å². The zero-order valence-electron chi connectivity index (χ0n) is 12.2. The molecule has 0 saturated carbocycles. The molecule has 1 atom stereocenters. The third kappa shape index (κ3) is 4.00. The van der Waals surface area contributed by atoms with Crippen LogP contribution in [0, 0.1) is 6.92 Å². The molecule has 0 aliphatic carbocycles. The van der Waals surface area contributed by atoms with Crippen LogP contribution < -0.4 is 5.32 Å². The second-order valence-electron chi connectivity index (χ2n) is 5.25. The van der Waals surface area contributed by atoms with Crippen LogP contribution in [0.1, 0.15) is 23.0 Å². The Hall–Kier alpha value is -1.49. The lowest BCUT2D eigenvalue weighted by Crippen LogP contribution is -2.45. The molecule has 0 amide bonds. The van der Waals surface area contributed by atoms with Crippen LogP contribution in [-0.2, 0) is 6.54 Å². The lowest BCUT2D eigenvalue weighted by Gasteiger charge is -2.36. The molecule has 0 spiro atoms. The standard InChI is InChI=1S/C16H20N4.ClH/c1-13-9-19-15(10-18-13)12-20-8-7-17-11-16(20)14-5-3-2-4-6-14;/h2-6,9-10,16-17H,7-8,11-12H2,1H3;1H. The molecule has 0 radical (unpaired) electrons. The molecular weight excluding hydrogens is 284 g/mol. The Labute approximate surface area is 132 Å². The number of rotatable bonds is 3. The van der Waals surface area contributed by atoms with Gasteiger partial charge in [-0.3, -0.25) is 14.9 Å². The molecule has 3 rings (SSSR count). The summed E-state index contributed by atoms with van der Waals surface area (Å²) in [6.45, 7) is 5.88. The van der Waals surface area contributed by atoms with Crippen molar-refractivity contribution in [2.75, 3.05) is 19.6 Å². The van der Waals surface area contributed by atoms with E-state index in [4.69, 9.17) is 0 Å². The highest BCUT2D eigenvalue weighted by molar-refractivity contribution is 5.85. The lowest BCUT2D eigenvalue weighted by molar-refractivity contribution is 0.151. The van der Waals surface area contributed by atoms with E-state index >= 15 is 0 Å². The van der Waals surface area contributed by atoms with Gasteiger partial charge in [-0.05, 0) is 12.5 Å². The molecule has 1 aromatic carbocycles. The van der Waals surface area contributed by atoms with Crippen LogP contribution in [0.25, 0.3) is 0 Å². The molecule has 2 aromatic rings. The molecule has 1 saturated heterocycles. The number of nitrogens with one attached hydrogen (secondary N) is 1. The van der Waals surface area contributed by atoms with Gasteiger partial charge in [0.25, 0.3) is 0 Å². The Morgan fingerprint density at radius 3 is 2.71 bits per heavy atom. The van der Waals surface area contributed by atoms with Crippen LogP contribution in [0.15, 0.2) is 42.7 Å². The minimum atomic E-state index is 0. The quantitative estimate of drug-likeness (QED) is 0.945. The van der Waals surface area contributed by atoms with E-state index in [9.17, 15) is 0 Å². The maximum atomic E-state index is 4.48. The first-order chi connectivity index (χ1) is 9.83. The van der Waals surface area contributed by atoms with E-state index < -0.39 is 0 Å². The summed E-state index contributed by atoms with van der Waals surface area (Å²) in [5, 5.41) is 3.48. The Balaban J connectivity index is 0.00000161. The van der Waals surface area contributed by atoms with Crippen LogP contribution in [-0.4, -0.2) is 34.5 Å². The summed E-state index contributed by atoms with van der Waals surface area (Å²) in [5.41, 5.74) is 3.37. The van der Waals surface area contributed by atoms with Crippen LogP contribution >= 0.6 is 12.4 Å². The molecule has 1 fully saturated rings. The predicted molar refractivity (Wildman–Crippen MR) is 86.5 cm³/mol. The lowest BCUT2D eigenvalue weighted by atomic mass is 10.0. The van der Waals surface area contributed by atoms with Crippen molar-refractivity contribution in [2.24, 2.45) is 0 Å². The van der Waals surface area contributed by atoms with Gasteiger partial charge in [-0.25, -0.2) is 0 Å². The fourth-order valence-corrected chi connectivity index (χ4v) is 2.65. The highest BCUT2D eigenvalue weighted by Crippen LogP contribution is 2.23. The molecular formula is C16H21ClN4. The normalized spacial score (nSPS) is 19.0. The van der Waals surface area contributed by atoms with Crippen molar-refractivity contribution in [2.45, 2.75) is 19.5 Å². The van der Waals surface area contributed by atoms with E-state index in [1.54, 1.807) is 0 Å². The van der Waals surface area contributed by atoms with Gasteiger partial charge in [0.2, 0.25) is 0 Å². The smallest absolute Gasteiger partial charge is 0.0727 e. The summed E-state index contributed by atoms with van der Waals surface area (Å²) in [5.74, 6) is 0. The first kappa shape index (κ1) is 15.9. The molecule has 1 unspecified atom stereocenters. The number of hydrogen-bond acceptors (Lipinski definition) is 4. The Bertz CT molecular complexity index is 544. The van der Waals surface area contributed by atoms with Gasteiger partial charge < -0.3 is 5.32 Å². The number of piperazine rings is 1. The number of hydrogen-bond donors (Lipinski definition) is 1. The maximum absolute atomic E-state index is 4.48. The van der Waals surface area contributed by atoms with E-state index in [-0.39, 0.29) is 12.4 Å². The summed E-state index contributed by atoms with van der Waals surface area (Å²) >= 11 is 0. The summed E-state index contributed by atoms with van der Waals surface area (Å²) < 4.78 is 0. The number of nitrogens with zero attached hydrogens (tertiary/aromatic N) is 3. The van der Waals surface area contributed by atoms with E-state index in [1.807, 2.05) is 19.3 Å². The van der Waals surface area contributed by atoms with Gasteiger partial charge in [0.15, 0.2) is 0 Å². The van der Waals surface area contributed by atoms with Gasteiger partial charge in [-0.2, -0.15) is 0 Å². The Morgan fingerprint density at radius 1 is 1.19 bits per heavy atom. The van der Waals surface area contributed by atoms with Gasteiger partial charge in [-0.15, -0.1) is 12.4 Å². The summed E-state index contributed by atoms with van der Waals surface area (Å²) in [6, 6.07) is 11.1. The van der Waals surface area contributed by atoms with Gasteiger partial charge in [0.05, 0.1) is 11.4 Å². The first-order valence-electron chi connectivity index (χ1n) is 7.10. The Morgan fingerprint density at radius 2 is 2.00 bits per heavy atom. The molecule has 112 valence electrons. The maximum Gasteiger partial charge on any atom is 0.0727 e. The third-order valence-corrected chi connectivity index (χ3v) is 3.74. The molecule has 1 aromatic heterocycles. The van der Waals surface area contributed by atoms with E-state index in [0.29, 0.717) is 6.04 Å². The van der Waals surface area contributed by atoms with Crippen molar-refractivity contribution in [1.82, 2.24) is 20.2 Å². The monoisotopic (exact) mass is 304 g/mol. The zero-order chi connectivity index (χ0) is 13.8. The number of benzene rings is 1. The van der Waals surface area contributed by atoms with Gasteiger partial charge in [-0.1, -0.05) is 30.3 Å². The second-order valence-corrected chi connectivity index (χ2v) is 5.25. The molecule has 4 nitrogen and oxygen atoms in total. The average molecular weight is 305 g/mol. The molecule has 1 aliphatic heterocycles. The fourth-order valence-electron chi connectivity index (χ4n) is 2.65. The van der Waals surface area contributed by atoms with Crippen molar-refractivity contribution in [1.29, 1.82) is 0 Å². The fraction of sp³-hybridized carbons (Fsp3) is 0.375. The van der Waals surface area contributed by atoms with E-state index in [1.165, 1.54) is 5.56 Å². The number of halogens is 1. The summed E-state index contributed by atoms with van der Waals surface area (Å²) in [4.78, 5) is 11.3. The largest absolute Gasteiger partial charge is 0.314 e. The Kier molecular flexibility index (Phi) is 5.67. The van der Waals surface area contributed by atoms with Crippen molar-refractivity contribution in [3.05, 3.63) is 59.7 Å². The SMILES string of the molecule is Cc1cnc(CN2CCNCC2c2ccccc2)cn1.Cl. The highest BCUT2D eigenvalue weighted by Gasteiger charge is 2.23. The summed E-state index contributed by atoms with van der Waals surface area (Å²) in [6.07, 6.45) is 3.73. The van der Waals surface area contributed by atoms with Gasteiger partial charge in [0.1, 0.15) is 0 Å². The first-order valence-corrected chi connectivity index (χ1v) is 7.10. The summed E-state index contributed by atoms with van der Waals surface area (Å²) in [7, 11) is 0. The topological polar surface area (TPSA) is 41.1 Å². The third-order valence-electron chi connectivity index (χ3n) is 3.74. The van der Waals surface area contributed by atoms with Crippen molar-refractivity contribution in [3.8, 4) is 0 Å². The number of aromatic nitrogens is 2. The number of aryl methyl sites for hydroxylation is 1. The van der Waals surface area contributed by atoms with Crippen molar-refractivity contribution in [3.63, 3.8) is 0 Å². The van der Waals surface area contributed by atoms with Crippen LogP contribution in [0.4, 0.5) is 0 Å². The van der Waals surface area contributed by atoms with Gasteiger partial charge in [0, 0.05) is 44.6 Å². The molecule has 2 heterocycles.